The third-order valence-corrected chi connectivity index (χ3v) is 3.88. The Morgan fingerprint density at radius 1 is 1.47 bits per heavy atom. The van der Waals surface area contributed by atoms with Crippen LogP contribution in [0.1, 0.15) is 32.3 Å². The van der Waals surface area contributed by atoms with Crippen LogP contribution in [0.4, 0.5) is 5.69 Å². The number of halogens is 1. The molecule has 5 heteroatoms. The van der Waals surface area contributed by atoms with Crippen molar-refractivity contribution in [3.63, 3.8) is 0 Å². The van der Waals surface area contributed by atoms with Gasteiger partial charge in [0.25, 0.3) is 0 Å². The van der Waals surface area contributed by atoms with Gasteiger partial charge in [-0.2, -0.15) is 0 Å². The summed E-state index contributed by atoms with van der Waals surface area (Å²) in [4.78, 5) is 0. The van der Waals surface area contributed by atoms with Crippen LogP contribution in [0.15, 0.2) is 27.8 Å². The summed E-state index contributed by atoms with van der Waals surface area (Å²) in [5, 5.41) is 15.2. The molecule has 0 aliphatic rings. The Labute approximate surface area is 123 Å². The van der Waals surface area contributed by atoms with E-state index in [4.69, 9.17) is 10.9 Å². The third-order valence-electron chi connectivity index (χ3n) is 3.22. The Morgan fingerprint density at radius 2 is 2.16 bits per heavy atom. The lowest BCUT2D eigenvalue weighted by Gasteiger charge is -2.22. The Bertz CT molecular complexity index is 458. The molecule has 4 N–H and O–H groups in total. The summed E-state index contributed by atoms with van der Waals surface area (Å²) in [6.07, 6.45) is 1.81. The summed E-state index contributed by atoms with van der Waals surface area (Å²) in [5.74, 6) is 0.281. The number of amidine groups is 1. The number of hydrogen-bond donors (Lipinski definition) is 3. The second-order valence-electron chi connectivity index (χ2n) is 5.38. The quantitative estimate of drug-likeness (QED) is 0.245. The highest BCUT2D eigenvalue weighted by Crippen LogP contribution is 2.25. The number of hydrogen-bond acceptors (Lipinski definition) is 3. The maximum absolute atomic E-state index is 8.71. The summed E-state index contributed by atoms with van der Waals surface area (Å²) >= 11 is 3.54. The molecule has 0 aliphatic heterocycles. The molecule has 0 aromatic heterocycles. The standard InChI is InChI=1S/C14H22BrN3O/c1-10-5-6-12(11(15)9-10)17-8-4-7-14(2,3)13(16)18-19/h5-6,9,17,19H,4,7-8H2,1-3H3,(H2,16,18). The van der Waals surface area contributed by atoms with Crippen molar-refractivity contribution in [2.24, 2.45) is 16.3 Å². The van der Waals surface area contributed by atoms with Crippen LogP contribution in [-0.2, 0) is 0 Å². The van der Waals surface area contributed by atoms with Gasteiger partial charge >= 0.3 is 0 Å². The molecule has 106 valence electrons. The van der Waals surface area contributed by atoms with Gasteiger partial charge in [-0.15, -0.1) is 0 Å². The first-order valence-electron chi connectivity index (χ1n) is 6.35. The van der Waals surface area contributed by atoms with Crippen LogP contribution in [0.3, 0.4) is 0 Å². The zero-order valence-corrected chi connectivity index (χ0v) is 13.3. The van der Waals surface area contributed by atoms with Crippen molar-refractivity contribution in [1.82, 2.24) is 0 Å². The molecular formula is C14H22BrN3O. The van der Waals surface area contributed by atoms with Gasteiger partial charge in [-0.25, -0.2) is 0 Å². The average Bonchev–Trinajstić information content (AvgIpc) is 2.35. The molecule has 0 saturated carbocycles. The van der Waals surface area contributed by atoms with Crippen LogP contribution in [-0.4, -0.2) is 17.6 Å². The van der Waals surface area contributed by atoms with E-state index in [1.54, 1.807) is 0 Å². The lowest BCUT2D eigenvalue weighted by Crippen LogP contribution is -2.32. The minimum atomic E-state index is -0.277. The van der Waals surface area contributed by atoms with Gasteiger partial charge in [-0.05, 0) is 53.4 Å². The van der Waals surface area contributed by atoms with Gasteiger partial charge in [0, 0.05) is 22.1 Å². The van der Waals surface area contributed by atoms with E-state index in [0.29, 0.717) is 0 Å². The van der Waals surface area contributed by atoms with Gasteiger partial charge in [0.05, 0.1) is 0 Å². The van der Waals surface area contributed by atoms with E-state index in [0.717, 1.165) is 29.5 Å². The van der Waals surface area contributed by atoms with Crippen LogP contribution in [0.5, 0.6) is 0 Å². The Balaban J connectivity index is 2.43. The second-order valence-corrected chi connectivity index (χ2v) is 6.24. The SMILES string of the molecule is Cc1ccc(NCCCC(C)(C)C(N)=NO)c(Br)c1. The van der Waals surface area contributed by atoms with Gasteiger partial charge in [-0.1, -0.05) is 25.1 Å². The molecule has 0 fully saturated rings. The molecular weight excluding hydrogens is 306 g/mol. The molecule has 1 aromatic carbocycles. The predicted molar refractivity (Wildman–Crippen MR) is 83.8 cm³/mol. The van der Waals surface area contributed by atoms with Crippen molar-refractivity contribution >= 4 is 27.5 Å². The van der Waals surface area contributed by atoms with E-state index >= 15 is 0 Å². The Hall–Kier alpha value is -1.23. The normalized spacial score (nSPS) is 12.5. The number of rotatable bonds is 6. The highest BCUT2D eigenvalue weighted by molar-refractivity contribution is 9.10. The maximum Gasteiger partial charge on any atom is 0.144 e. The third kappa shape index (κ3) is 4.74. The topological polar surface area (TPSA) is 70.6 Å². The first-order valence-corrected chi connectivity index (χ1v) is 7.14. The van der Waals surface area contributed by atoms with Gasteiger partial charge in [-0.3, -0.25) is 0 Å². The fourth-order valence-electron chi connectivity index (χ4n) is 1.78. The van der Waals surface area contributed by atoms with E-state index in [1.165, 1.54) is 5.56 Å². The van der Waals surface area contributed by atoms with Crippen molar-refractivity contribution in [1.29, 1.82) is 0 Å². The number of nitrogens with one attached hydrogen (secondary N) is 1. The van der Waals surface area contributed by atoms with Gasteiger partial charge in [0.2, 0.25) is 0 Å². The molecule has 0 unspecified atom stereocenters. The van der Waals surface area contributed by atoms with Gasteiger partial charge < -0.3 is 16.3 Å². The molecule has 19 heavy (non-hydrogen) atoms. The zero-order valence-electron chi connectivity index (χ0n) is 11.7. The van der Waals surface area contributed by atoms with Crippen molar-refractivity contribution in [3.8, 4) is 0 Å². The summed E-state index contributed by atoms with van der Waals surface area (Å²) in [6, 6.07) is 6.23. The molecule has 1 rings (SSSR count). The molecule has 0 radical (unpaired) electrons. The molecule has 0 bridgehead atoms. The van der Waals surface area contributed by atoms with E-state index in [1.807, 2.05) is 13.8 Å². The predicted octanol–water partition coefficient (Wildman–Crippen LogP) is 3.72. The maximum atomic E-state index is 8.71. The van der Waals surface area contributed by atoms with Gasteiger partial charge in [0.15, 0.2) is 0 Å². The number of nitrogens with two attached hydrogens (primary N) is 1. The smallest absolute Gasteiger partial charge is 0.144 e. The van der Waals surface area contributed by atoms with Crippen LogP contribution < -0.4 is 11.1 Å². The zero-order chi connectivity index (χ0) is 14.5. The number of benzene rings is 1. The molecule has 4 nitrogen and oxygen atoms in total. The van der Waals surface area contributed by atoms with E-state index in [-0.39, 0.29) is 11.3 Å². The van der Waals surface area contributed by atoms with E-state index in [2.05, 4.69) is 51.5 Å². The summed E-state index contributed by atoms with van der Waals surface area (Å²) in [6.45, 7) is 6.87. The van der Waals surface area contributed by atoms with E-state index in [9.17, 15) is 0 Å². The molecule has 0 aliphatic carbocycles. The van der Waals surface area contributed by atoms with Gasteiger partial charge in [0.1, 0.15) is 5.84 Å². The number of nitrogens with zero attached hydrogens (tertiary/aromatic N) is 1. The van der Waals surface area contributed by atoms with Crippen LogP contribution in [0.25, 0.3) is 0 Å². The van der Waals surface area contributed by atoms with Crippen molar-refractivity contribution < 1.29 is 5.21 Å². The molecule has 0 saturated heterocycles. The molecule has 0 amide bonds. The summed E-state index contributed by atoms with van der Waals surface area (Å²) in [5.41, 5.74) is 7.70. The fraction of sp³-hybridized carbons (Fsp3) is 0.500. The number of oxime groups is 1. The molecule has 0 heterocycles. The fourth-order valence-corrected chi connectivity index (χ4v) is 2.41. The molecule has 0 spiro atoms. The Morgan fingerprint density at radius 3 is 2.74 bits per heavy atom. The lowest BCUT2D eigenvalue weighted by molar-refractivity contribution is 0.305. The van der Waals surface area contributed by atoms with Crippen molar-refractivity contribution in [2.75, 3.05) is 11.9 Å². The van der Waals surface area contributed by atoms with Crippen LogP contribution in [0, 0.1) is 12.3 Å². The molecule has 0 atom stereocenters. The highest BCUT2D eigenvalue weighted by atomic mass is 79.9. The Kier molecular flexibility index (Phi) is 5.66. The molecule has 1 aromatic rings. The minimum absolute atomic E-state index is 0.277. The number of anilines is 1. The van der Waals surface area contributed by atoms with Crippen molar-refractivity contribution in [2.45, 2.75) is 33.6 Å². The summed E-state index contributed by atoms with van der Waals surface area (Å²) in [7, 11) is 0. The lowest BCUT2D eigenvalue weighted by atomic mass is 9.86. The largest absolute Gasteiger partial charge is 0.409 e. The first kappa shape index (κ1) is 15.8. The van der Waals surface area contributed by atoms with Crippen LogP contribution in [0.2, 0.25) is 0 Å². The van der Waals surface area contributed by atoms with E-state index < -0.39 is 0 Å². The summed E-state index contributed by atoms with van der Waals surface area (Å²) < 4.78 is 1.07. The highest BCUT2D eigenvalue weighted by Gasteiger charge is 2.22. The first-order chi connectivity index (χ1) is 8.86. The van der Waals surface area contributed by atoms with Crippen LogP contribution >= 0.6 is 15.9 Å². The van der Waals surface area contributed by atoms with Crippen molar-refractivity contribution in [3.05, 3.63) is 28.2 Å². The second kappa shape index (κ2) is 6.80. The number of aryl methyl sites for hydroxylation is 1. The monoisotopic (exact) mass is 327 g/mol. The average molecular weight is 328 g/mol. The minimum Gasteiger partial charge on any atom is -0.409 e.